The Morgan fingerprint density at radius 1 is 1.25 bits per heavy atom. The molecule has 1 aliphatic rings. The zero-order chi connectivity index (χ0) is 14.5. The number of thioether (sulfide) groups is 1. The fraction of sp³-hybridized carbons (Fsp3) is 0.533. The first-order valence-electron chi connectivity index (χ1n) is 7.02. The fourth-order valence-corrected chi connectivity index (χ4v) is 4.06. The largest absolute Gasteiger partial charge is 0.297 e. The van der Waals surface area contributed by atoms with Crippen LogP contribution in [0.5, 0.6) is 0 Å². The zero-order valence-corrected chi connectivity index (χ0v) is 13.0. The van der Waals surface area contributed by atoms with Crippen LogP contribution < -0.4 is 11.3 Å². The van der Waals surface area contributed by atoms with E-state index in [1.54, 1.807) is 0 Å². The van der Waals surface area contributed by atoms with Crippen molar-refractivity contribution in [2.45, 2.75) is 37.3 Å². The molecule has 1 fully saturated rings. The van der Waals surface area contributed by atoms with Gasteiger partial charge in [-0.1, -0.05) is 38.1 Å². The lowest BCUT2D eigenvalue weighted by Crippen LogP contribution is -2.39. The highest BCUT2D eigenvalue weighted by molar-refractivity contribution is 8.00. The Labute approximate surface area is 125 Å². The molecule has 110 valence electrons. The van der Waals surface area contributed by atoms with E-state index in [1.165, 1.54) is 5.56 Å². The number of hydrogen-bond acceptors (Lipinski definition) is 4. The maximum Gasteiger partial charge on any atom is 0.238 e. The first kappa shape index (κ1) is 15.4. The Bertz CT molecular complexity index is 439. The van der Waals surface area contributed by atoms with Crippen LogP contribution >= 0.6 is 11.8 Å². The van der Waals surface area contributed by atoms with Gasteiger partial charge in [-0.05, 0) is 11.1 Å². The Hall–Kier alpha value is -1.04. The van der Waals surface area contributed by atoms with Crippen molar-refractivity contribution in [3.8, 4) is 0 Å². The average Bonchev–Trinajstić information content (AvgIpc) is 2.39. The van der Waals surface area contributed by atoms with Crippen molar-refractivity contribution in [1.29, 1.82) is 0 Å². The molecule has 1 heterocycles. The van der Waals surface area contributed by atoms with Gasteiger partial charge in [0.2, 0.25) is 5.91 Å². The van der Waals surface area contributed by atoms with E-state index >= 15 is 0 Å². The summed E-state index contributed by atoms with van der Waals surface area (Å²) in [6.45, 7) is 7.86. The van der Waals surface area contributed by atoms with Crippen molar-refractivity contribution in [3.05, 3.63) is 35.4 Å². The molecule has 0 spiro atoms. The Morgan fingerprint density at radius 2 is 1.80 bits per heavy atom. The first-order chi connectivity index (χ1) is 9.56. The third-order valence-corrected chi connectivity index (χ3v) is 4.68. The van der Waals surface area contributed by atoms with E-state index in [0.717, 1.165) is 25.2 Å². The number of hydrazine groups is 1. The van der Waals surface area contributed by atoms with E-state index in [1.807, 2.05) is 12.1 Å². The number of carbonyl (C=O) groups excluding carboxylic acids is 1. The van der Waals surface area contributed by atoms with Gasteiger partial charge in [0.1, 0.15) is 0 Å². The summed E-state index contributed by atoms with van der Waals surface area (Å²) in [7, 11) is 0. The number of nitrogens with zero attached hydrogens (tertiary/aromatic N) is 1. The number of carbonyl (C=O) groups is 1. The molecule has 0 aromatic heterocycles. The number of amides is 1. The molecule has 0 bridgehead atoms. The molecule has 2 unspecified atom stereocenters. The molecule has 1 saturated heterocycles. The average molecular weight is 293 g/mol. The third-order valence-electron chi connectivity index (χ3n) is 3.45. The normalized spacial score (nSPS) is 23.6. The van der Waals surface area contributed by atoms with Gasteiger partial charge in [0, 0.05) is 30.1 Å². The molecule has 1 aromatic rings. The van der Waals surface area contributed by atoms with Gasteiger partial charge < -0.3 is 0 Å². The minimum absolute atomic E-state index is 0.159. The van der Waals surface area contributed by atoms with Crippen LogP contribution in [0, 0.1) is 0 Å². The minimum atomic E-state index is -0.159. The number of benzene rings is 1. The fourth-order valence-electron chi connectivity index (χ4n) is 2.67. The van der Waals surface area contributed by atoms with E-state index in [4.69, 9.17) is 5.84 Å². The van der Waals surface area contributed by atoms with Crippen LogP contribution in [0.2, 0.25) is 0 Å². The molecule has 20 heavy (non-hydrogen) atoms. The van der Waals surface area contributed by atoms with Crippen molar-refractivity contribution in [1.82, 2.24) is 10.3 Å². The Balaban J connectivity index is 1.91. The second-order valence-electron chi connectivity index (χ2n) is 5.51. The van der Waals surface area contributed by atoms with Gasteiger partial charge in [0.15, 0.2) is 0 Å². The second kappa shape index (κ2) is 7.11. The molecular formula is C15H23N3OS. The highest BCUT2D eigenvalue weighted by Crippen LogP contribution is 2.25. The molecule has 4 nitrogen and oxygen atoms in total. The lowest BCUT2D eigenvalue weighted by molar-refractivity contribution is -0.120. The summed E-state index contributed by atoms with van der Waals surface area (Å²) < 4.78 is 0. The minimum Gasteiger partial charge on any atom is -0.297 e. The first-order valence-corrected chi connectivity index (χ1v) is 7.96. The van der Waals surface area contributed by atoms with Crippen LogP contribution in [0.15, 0.2) is 24.3 Å². The summed E-state index contributed by atoms with van der Waals surface area (Å²) >= 11 is 2.07. The highest BCUT2D eigenvalue weighted by atomic mass is 32.2. The van der Waals surface area contributed by atoms with Crippen LogP contribution in [0.25, 0.3) is 0 Å². The number of hydrogen-bond donors (Lipinski definition) is 2. The standard InChI is InChI=1S/C15H23N3OS/c1-11-8-18(9-12(2)20-11)10-14-5-3-13(4-6-14)7-15(19)17-16/h3-6,11-12H,7-10,16H2,1-2H3,(H,17,19). The van der Waals surface area contributed by atoms with Gasteiger partial charge in [-0.15, -0.1) is 0 Å². The molecule has 1 aromatic carbocycles. The van der Waals surface area contributed by atoms with Crippen LogP contribution in [0.1, 0.15) is 25.0 Å². The van der Waals surface area contributed by atoms with Crippen molar-refractivity contribution >= 4 is 17.7 Å². The third kappa shape index (κ3) is 4.51. The van der Waals surface area contributed by atoms with Gasteiger partial charge in [0.05, 0.1) is 6.42 Å². The van der Waals surface area contributed by atoms with Gasteiger partial charge in [0.25, 0.3) is 0 Å². The topological polar surface area (TPSA) is 58.4 Å². The molecule has 3 N–H and O–H groups in total. The molecule has 1 aliphatic heterocycles. The lowest BCUT2D eigenvalue weighted by Gasteiger charge is -2.34. The lowest BCUT2D eigenvalue weighted by atomic mass is 10.1. The monoisotopic (exact) mass is 293 g/mol. The molecule has 0 radical (unpaired) electrons. The van der Waals surface area contributed by atoms with E-state index in [-0.39, 0.29) is 5.91 Å². The predicted octanol–water partition coefficient (Wildman–Crippen LogP) is 1.54. The summed E-state index contributed by atoms with van der Waals surface area (Å²) in [4.78, 5) is 13.7. The molecule has 1 amide bonds. The molecule has 2 atom stereocenters. The summed E-state index contributed by atoms with van der Waals surface area (Å²) in [5.41, 5.74) is 4.45. The molecular weight excluding hydrogens is 270 g/mol. The second-order valence-corrected chi connectivity index (χ2v) is 7.39. The van der Waals surface area contributed by atoms with Crippen LogP contribution in [0.3, 0.4) is 0 Å². The van der Waals surface area contributed by atoms with Crippen molar-refractivity contribution in [2.24, 2.45) is 5.84 Å². The van der Waals surface area contributed by atoms with Gasteiger partial charge in [-0.3, -0.25) is 15.1 Å². The van der Waals surface area contributed by atoms with E-state index in [0.29, 0.717) is 16.9 Å². The van der Waals surface area contributed by atoms with E-state index in [9.17, 15) is 4.79 Å². The predicted molar refractivity (Wildman–Crippen MR) is 84.3 cm³/mol. The highest BCUT2D eigenvalue weighted by Gasteiger charge is 2.21. The van der Waals surface area contributed by atoms with Crippen molar-refractivity contribution in [2.75, 3.05) is 13.1 Å². The van der Waals surface area contributed by atoms with E-state index < -0.39 is 0 Å². The summed E-state index contributed by atoms with van der Waals surface area (Å²) in [5.74, 6) is 4.93. The van der Waals surface area contributed by atoms with Crippen molar-refractivity contribution < 1.29 is 4.79 Å². The maximum atomic E-state index is 11.2. The number of nitrogens with two attached hydrogens (primary N) is 1. The summed E-state index contributed by atoms with van der Waals surface area (Å²) in [5, 5.41) is 1.40. The zero-order valence-electron chi connectivity index (χ0n) is 12.1. The number of rotatable bonds is 4. The molecule has 0 aliphatic carbocycles. The SMILES string of the molecule is CC1CN(Cc2ccc(CC(=O)NN)cc2)CC(C)S1. The quantitative estimate of drug-likeness (QED) is 0.502. The van der Waals surface area contributed by atoms with Crippen molar-refractivity contribution in [3.63, 3.8) is 0 Å². The smallest absolute Gasteiger partial charge is 0.238 e. The van der Waals surface area contributed by atoms with Crippen LogP contribution in [-0.2, 0) is 17.8 Å². The van der Waals surface area contributed by atoms with Crippen LogP contribution in [0.4, 0.5) is 0 Å². The number of nitrogens with one attached hydrogen (secondary N) is 1. The van der Waals surface area contributed by atoms with Gasteiger partial charge in [-0.25, -0.2) is 5.84 Å². The van der Waals surface area contributed by atoms with Crippen LogP contribution in [-0.4, -0.2) is 34.4 Å². The van der Waals surface area contributed by atoms with Gasteiger partial charge >= 0.3 is 0 Å². The molecule has 0 saturated carbocycles. The molecule has 2 rings (SSSR count). The Morgan fingerprint density at radius 3 is 2.35 bits per heavy atom. The summed E-state index contributed by atoms with van der Waals surface area (Å²) in [6, 6.07) is 8.23. The van der Waals surface area contributed by atoms with Gasteiger partial charge in [-0.2, -0.15) is 11.8 Å². The maximum absolute atomic E-state index is 11.2. The summed E-state index contributed by atoms with van der Waals surface area (Å²) in [6.07, 6.45) is 0.338. The molecule has 5 heteroatoms. The van der Waals surface area contributed by atoms with E-state index in [2.05, 4.69) is 48.1 Å². The Kier molecular flexibility index (Phi) is 5.46.